The van der Waals surface area contributed by atoms with E-state index in [4.69, 9.17) is 4.74 Å². The quantitative estimate of drug-likeness (QED) is 0.636. The Bertz CT molecular complexity index is 654. The molecule has 0 N–H and O–H groups in total. The molecule has 3 rings (SSSR count). The van der Waals surface area contributed by atoms with Crippen molar-refractivity contribution in [2.24, 2.45) is 17.8 Å². The summed E-state index contributed by atoms with van der Waals surface area (Å²) in [5, 5.41) is 0. The van der Waals surface area contributed by atoms with E-state index in [9.17, 15) is 9.59 Å². The van der Waals surface area contributed by atoms with E-state index >= 15 is 0 Å². The number of benzene rings is 1. The summed E-state index contributed by atoms with van der Waals surface area (Å²) >= 11 is 0. The predicted molar refractivity (Wildman–Crippen MR) is 86.1 cm³/mol. The molecule has 1 aromatic rings. The molecular weight excluding hydrogens is 290 g/mol. The zero-order valence-electron chi connectivity index (χ0n) is 13.5. The second-order valence-electron chi connectivity index (χ2n) is 6.35. The minimum Gasteiger partial charge on any atom is -0.457 e. The van der Waals surface area contributed by atoms with Gasteiger partial charge in [-0.3, -0.25) is 9.59 Å². The Morgan fingerprint density at radius 2 is 1.96 bits per heavy atom. The van der Waals surface area contributed by atoms with Crippen LogP contribution in [0.4, 0.5) is 0 Å². The van der Waals surface area contributed by atoms with Crippen molar-refractivity contribution in [3.63, 3.8) is 0 Å². The molecule has 1 saturated heterocycles. The molecule has 4 heteroatoms. The fourth-order valence-corrected chi connectivity index (χ4v) is 3.02. The van der Waals surface area contributed by atoms with Crippen LogP contribution in [0.25, 0.3) is 0 Å². The third-order valence-corrected chi connectivity index (χ3v) is 4.36. The molecule has 3 unspecified atom stereocenters. The maximum Gasteiger partial charge on any atom is 0.303 e. The molecule has 1 aliphatic carbocycles. The van der Waals surface area contributed by atoms with E-state index < -0.39 is 12.0 Å². The average molecular weight is 311 g/mol. The zero-order valence-corrected chi connectivity index (χ0v) is 13.5. The highest BCUT2D eigenvalue weighted by atomic mass is 16.5. The van der Waals surface area contributed by atoms with Crippen molar-refractivity contribution in [2.45, 2.75) is 25.9 Å². The summed E-state index contributed by atoms with van der Waals surface area (Å²) in [6.07, 6.45) is 1.73. The van der Waals surface area contributed by atoms with Gasteiger partial charge < -0.3 is 9.64 Å². The van der Waals surface area contributed by atoms with Gasteiger partial charge in [-0.1, -0.05) is 42.2 Å². The van der Waals surface area contributed by atoms with Crippen LogP contribution < -0.4 is 0 Å². The van der Waals surface area contributed by atoms with Gasteiger partial charge in [-0.2, -0.15) is 0 Å². The largest absolute Gasteiger partial charge is 0.457 e. The molecule has 0 radical (unpaired) electrons. The van der Waals surface area contributed by atoms with Crippen LogP contribution in [0, 0.1) is 29.6 Å². The van der Waals surface area contributed by atoms with Crippen molar-refractivity contribution in [2.75, 3.05) is 13.6 Å². The van der Waals surface area contributed by atoms with Gasteiger partial charge in [0.15, 0.2) is 0 Å². The molecule has 2 aliphatic rings. The van der Waals surface area contributed by atoms with E-state index in [1.54, 1.807) is 11.9 Å². The number of hydrogen-bond acceptors (Lipinski definition) is 3. The maximum atomic E-state index is 12.6. The van der Waals surface area contributed by atoms with E-state index in [2.05, 4.69) is 11.8 Å². The smallest absolute Gasteiger partial charge is 0.303 e. The lowest BCUT2D eigenvalue weighted by Gasteiger charge is -2.24. The first-order valence-electron chi connectivity index (χ1n) is 8.04. The van der Waals surface area contributed by atoms with Crippen LogP contribution in [-0.2, 0) is 14.3 Å². The number of amides is 1. The third kappa shape index (κ3) is 3.56. The normalized spacial score (nSPS) is 24.8. The zero-order chi connectivity index (χ0) is 16.4. The lowest BCUT2D eigenvalue weighted by Crippen LogP contribution is -2.29. The molecule has 4 nitrogen and oxygen atoms in total. The number of carbonyl (C=O) groups is 2. The minimum absolute atomic E-state index is 0.00444. The fraction of sp³-hybridized carbons (Fsp3) is 0.474. The van der Waals surface area contributed by atoms with Crippen molar-refractivity contribution < 1.29 is 14.3 Å². The molecular formula is C19H21NO3. The second kappa shape index (κ2) is 6.45. The topological polar surface area (TPSA) is 46.6 Å². The number of carbonyl (C=O) groups excluding carboxylic acids is 2. The van der Waals surface area contributed by atoms with Gasteiger partial charge in [-0.15, -0.1) is 0 Å². The summed E-state index contributed by atoms with van der Waals surface area (Å²) in [6, 6.07) is 9.47. The molecule has 1 aliphatic heterocycles. The van der Waals surface area contributed by atoms with Gasteiger partial charge >= 0.3 is 5.97 Å². The minimum atomic E-state index is -0.579. The van der Waals surface area contributed by atoms with E-state index in [0.717, 1.165) is 18.4 Å². The van der Waals surface area contributed by atoms with Crippen LogP contribution >= 0.6 is 0 Å². The first kappa shape index (κ1) is 15.6. The molecule has 2 fully saturated rings. The average Bonchev–Trinajstić information content (AvgIpc) is 3.31. The number of nitrogens with zero attached hydrogens (tertiary/aromatic N) is 1. The Morgan fingerprint density at radius 3 is 2.57 bits per heavy atom. The number of esters is 1. The number of rotatable bonds is 3. The molecule has 23 heavy (non-hydrogen) atoms. The summed E-state index contributed by atoms with van der Waals surface area (Å²) in [5.41, 5.74) is 0.842. The lowest BCUT2D eigenvalue weighted by molar-refractivity contribution is -0.152. The third-order valence-electron chi connectivity index (χ3n) is 4.36. The molecule has 0 spiro atoms. The van der Waals surface area contributed by atoms with E-state index in [1.165, 1.54) is 6.92 Å². The monoisotopic (exact) mass is 311 g/mol. The summed E-state index contributed by atoms with van der Waals surface area (Å²) in [7, 11) is 1.78. The van der Waals surface area contributed by atoms with Crippen LogP contribution in [0.5, 0.6) is 0 Å². The predicted octanol–water partition coefficient (Wildman–Crippen LogP) is 2.41. The first-order valence-corrected chi connectivity index (χ1v) is 8.04. The van der Waals surface area contributed by atoms with Crippen molar-refractivity contribution in [1.82, 2.24) is 4.90 Å². The first-order chi connectivity index (χ1) is 11.1. The summed E-state index contributed by atoms with van der Waals surface area (Å²) in [5.74, 6) is 6.10. The highest BCUT2D eigenvalue weighted by Crippen LogP contribution is 2.38. The SMILES string of the molecule is CC(=O)OC(c1ccccc1)C1C(=O)N(C)CC1C#CC1CC1. The number of likely N-dealkylation sites (tertiary alicyclic amines) is 1. The van der Waals surface area contributed by atoms with Crippen LogP contribution in [0.1, 0.15) is 31.4 Å². The van der Waals surface area contributed by atoms with Gasteiger partial charge in [0.1, 0.15) is 6.10 Å². The van der Waals surface area contributed by atoms with Gasteiger partial charge in [0.05, 0.1) is 11.8 Å². The number of hydrogen-bond donors (Lipinski definition) is 0. The van der Waals surface area contributed by atoms with Gasteiger partial charge in [0.25, 0.3) is 0 Å². The molecule has 0 aromatic heterocycles. The van der Waals surface area contributed by atoms with Crippen LogP contribution in [0.3, 0.4) is 0 Å². The molecule has 120 valence electrons. The molecule has 3 atom stereocenters. The molecule has 1 saturated carbocycles. The fourth-order valence-electron chi connectivity index (χ4n) is 3.02. The van der Waals surface area contributed by atoms with E-state index in [-0.39, 0.29) is 17.8 Å². The Hall–Kier alpha value is -2.28. The highest BCUT2D eigenvalue weighted by molar-refractivity contribution is 5.83. The van der Waals surface area contributed by atoms with Gasteiger partial charge in [-0.05, 0) is 18.4 Å². The highest BCUT2D eigenvalue weighted by Gasteiger charge is 2.45. The second-order valence-corrected chi connectivity index (χ2v) is 6.35. The van der Waals surface area contributed by atoms with Gasteiger partial charge in [-0.25, -0.2) is 0 Å². The van der Waals surface area contributed by atoms with Crippen LogP contribution in [-0.4, -0.2) is 30.4 Å². The molecule has 1 aromatic carbocycles. The van der Waals surface area contributed by atoms with Crippen LogP contribution in [0.2, 0.25) is 0 Å². The molecule has 1 heterocycles. The van der Waals surface area contributed by atoms with Crippen LogP contribution in [0.15, 0.2) is 30.3 Å². The van der Waals surface area contributed by atoms with E-state index in [0.29, 0.717) is 12.5 Å². The van der Waals surface area contributed by atoms with Crippen molar-refractivity contribution in [3.8, 4) is 11.8 Å². The lowest BCUT2D eigenvalue weighted by atomic mass is 9.86. The summed E-state index contributed by atoms with van der Waals surface area (Å²) in [6.45, 7) is 1.97. The number of ether oxygens (including phenoxy) is 1. The Morgan fingerprint density at radius 1 is 1.26 bits per heavy atom. The van der Waals surface area contributed by atoms with Crippen molar-refractivity contribution >= 4 is 11.9 Å². The standard InChI is InChI=1S/C19H21NO3/c1-13(21)23-18(15-6-4-3-5-7-15)17-16(11-10-14-8-9-14)12-20(2)19(17)22/h3-7,14,16-18H,8-9,12H2,1-2H3. The summed E-state index contributed by atoms with van der Waals surface area (Å²) < 4.78 is 5.54. The van der Waals surface area contributed by atoms with Crippen molar-refractivity contribution in [3.05, 3.63) is 35.9 Å². The van der Waals surface area contributed by atoms with Gasteiger partial charge in [0, 0.05) is 26.4 Å². The maximum absolute atomic E-state index is 12.6. The molecule has 0 bridgehead atoms. The van der Waals surface area contributed by atoms with Crippen molar-refractivity contribution in [1.29, 1.82) is 0 Å². The Labute approximate surface area is 136 Å². The van der Waals surface area contributed by atoms with Gasteiger partial charge in [0.2, 0.25) is 5.91 Å². The summed E-state index contributed by atoms with van der Waals surface area (Å²) in [4.78, 5) is 25.9. The Balaban J connectivity index is 1.92. The van der Waals surface area contributed by atoms with E-state index in [1.807, 2.05) is 30.3 Å². The Kier molecular flexibility index (Phi) is 4.38. The molecule has 1 amide bonds.